The molecule has 0 saturated carbocycles. The number of anilines is 1. The number of nitrogens with one attached hydrogen (secondary N) is 1. The summed E-state index contributed by atoms with van der Waals surface area (Å²) < 4.78 is 0. The fraction of sp³-hybridized carbons (Fsp3) is 0.526. The number of aromatic nitrogens is 3. The number of amides is 1. The van der Waals surface area contributed by atoms with Crippen LogP contribution in [0.1, 0.15) is 37.3 Å². The number of nitrogens with zero attached hydrogens (tertiary/aromatic N) is 4. The van der Waals surface area contributed by atoms with Gasteiger partial charge < -0.3 is 9.80 Å². The summed E-state index contributed by atoms with van der Waals surface area (Å²) in [6.45, 7) is 3.45. The summed E-state index contributed by atoms with van der Waals surface area (Å²) in [4.78, 5) is 21.9. The Morgan fingerprint density at radius 3 is 2.80 bits per heavy atom. The Bertz CT molecular complexity index is 687. The first-order valence-electron chi connectivity index (χ1n) is 9.25. The molecular formula is C19H25N5O. The van der Waals surface area contributed by atoms with Crippen LogP contribution in [0, 0.1) is 5.92 Å². The average Bonchev–Trinajstić information content (AvgIpc) is 3.23. The van der Waals surface area contributed by atoms with Crippen molar-refractivity contribution in [1.29, 1.82) is 0 Å². The molecule has 132 valence electrons. The third kappa shape index (κ3) is 3.52. The molecule has 2 aromatic rings. The van der Waals surface area contributed by atoms with Gasteiger partial charge in [0.1, 0.15) is 5.82 Å². The third-order valence-electron chi connectivity index (χ3n) is 5.44. The Morgan fingerprint density at radius 1 is 1.08 bits per heavy atom. The van der Waals surface area contributed by atoms with Gasteiger partial charge in [-0.2, -0.15) is 5.10 Å². The maximum atomic E-state index is 13.1. The van der Waals surface area contributed by atoms with Crippen LogP contribution in [0.25, 0.3) is 0 Å². The van der Waals surface area contributed by atoms with E-state index in [1.165, 1.54) is 0 Å². The Balaban J connectivity index is 1.41. The zero-order chi connectivity index (χ0) is 17.1. The number of aromatic amines is 1. The van der Waals surface area contributed by atoms with E-state index in [9.17, 15) is 4.79 Å². The van der Waals surface area contributed by atoms with Crippen molar-refractivity contribution in [1.82, 2.24) is 20.1 Å². The molecule has 1 N–H and O–H groups in total. The maximum Gasteiger partial charge on any atom is 0.227 e. The smallest absolute Gasteiger partial charge is 0.227 e. The van der Waals surface area contributed by atoms with Crippen molar-refractivity contribution in [3.63, 3.8) is 0 Å². The van der Waals surface area contributed by atoms with E-state index in [0.29, 0.717) is 11.8 Å². The second-order valence-electron chi connectivity index (χ2n) is 7.11. The summed E-state index contributed by atoms with van der Waals surface area (Å²) in [6.07, 6.45) is 7.82. The highest BCUT2D eigenvalue weighted by Crippen LogP contribution is 2.28. The molecule has 0 radical (unpaired) electrons. The van der Waals surface area contributed by atoms with Gasteiger partial charge in [-0.1, -0.05) is 6.07 Å². The monoisotopic (exact) mass is 339 g/mol. The van der Waals surface area contributed by atoms with Crippen molar-refractivity contribution in [2.45, 2.75) is 31.6 Å². The maximum absolute atomic E-state index is 13.1. The topological polar surface area (TPSA) is 65.1 Å². The molecule has 25 heavy (non-hydrogen) atoms. The number of pyridine rings is 1. The minimum Gasteiger partial charge on any atom is -0.356 e. The van der Waals surface area contributed by atoms with Crippen LogP contribution in [0.15, 0.2) is 36.7 Å². The molecule has 4 heterocycles. The lowest BCUT2D eigenvalue weighted by molar-refractivity contribution is -0.137. The van der Waals surface area contributed by atoms with E-state index in [-0.39, 0.29) is 5.92 Å². The lowest BCUT2D eigenvalue weighted by atomic mass is 9.91. The quantitative estimate of drug-likeness (QED) is 0.933. The first-order chi connectivity index (χ1) is 12.3. The molecule has 2 fully saturated rings. The van der Waals surface area contributed by atoms with Gasteiger partial charge in [-0.25, -0.2) is 4.98 Å². The molecule has 1 amide bonds. The Morgan fingerprint density at radius 2 is 2.00 bits per heavy atom. The largest absolute Gasteiger partial charge is 0.356 e. The number of piperidine rings is 2. The van der Waals surface area contributed by atoms with Gasteiger partial charge in [-0.15, -0.1) is 0 Å². The van der Waals surface area contributed by atoms with Crippen LogP contribution in [0.3, 0.4) is 0 Å². The average molecular weight is 339 g/mol. The summed E-state index contributed by atoms with van der Waals surface area (Å²) in [5.74, 6) is 1.76. The summed E-state index contributed by atoms with van der Waals surface area (Å²) >= 11 is 0. The normalized spacial score (nSPS) is 24.3. The van der Waals surface area contributed by atoms with E-state index in [1.54, 1.807) is 6.20 Å². The van der Waals surface area contributed by atoms with Crippen molar-refractivity contribution >= 4 is 11.7 Å². The minimum atomic E-state index is 0.0799. The molecule has 2 saturated heterocycles. The van der Waals surface area contributed by atoms with Gasteiger partial charge in [-0.3, -0.25) is 9.89 Å². The van der Waals surface area contributed by atoms with Gasteiger partial charge in [0, 0.05) is 50.2 Å². The van der Waals surface area contributed by atoms with E-state index in [0.717, 1.165) is 63.4 Å². The highest BCUT2D eigenvalue weighted by Gasteiger charge is 2.32. The summed E-state index contributed by atoms with van der Waals surface area (Å²) in [5.41, 5.74) is 1.15. The molecule has 0 spiro atoms. The van der Waals surface area contributed by atoms with Crippen molar-refractivity contribution in [2.75, 3.05) is 31.1 Å². The molecule has 2 atom stereocenters. The molecule has 2 aromatic heterocycles. The molecule has 6 heteroatoms. The van der Waals surface area contributed by atoms with E-state index in [4.69, 9.17) is 0 Å². The third-order valence-corrected chi connectivity index (χ3v) is 5.44. The Hall–Kier alpha value is -2.37. The molecule has 6 nitrogen and oxygen atoms in total. The SMILES string of the molecule is O=C([C@@H]1CCCN(c2ccccn2)C1)N1CCC[C@@H](c2ccn[nH]2)C1. The summed E-state index contributed by atoms with van der Waals surface area (Å²) in [6, 6.07) is 8.00. The van der Waals surface area contributed by atoms with Gasteiger partial charge in [-0.05, 0) is 43.9 Å². The van der Waals surface area contributed by atoms with Crippen LogP contribution in [-0.2, 0) is 4.79 Å². The standard InChI is InChI=1S/C19H25N5O/c25-19(24-12-3-5-15(13-24)17-8-10-21-22-17)16-6-4-11-23(14-16)18-7-1-2-9-20-18/h1-2,7-10,15-16H,3-6,11-14H2,(H,21,22)/t15-,16-/m1/s1. The molecule has 0 unspecified atom stereocenters. The summed E-state index contributed by atoms with van der Waals surface area (Å²) in [5, 5.41) is 7.13. The Kier molecular flexibility index (Phi) is 4.68. The number of hydrogen-bond acceptors (Lipinski definition) is 4. The van der Waals surface area contributed by atoms with Gasteiger partial charge in [0.05, 0.1) is 5.92 Å². The number of likely N-dealkylation sites (tertiary alicyclic amines) is 1. The zero-order valence-corrected chi connectivity index (χ0v) is 14.5. The molecule has 0 aromatic carbocycles. The van der Waals surface area contributed by atoms with Gasteiger partial charge in [0.2, 0.25) is 5.91 Å². The van der Waals surface area contributed by atoms with Crippen molar-refractivity contribution in [3.8, 4) is 0 Å². The number of hydrogen-bond donors (Lipinski definition) is 1. The van der Waals surface area contributed by atoms with E-state index in [2.05, 4.69) is 25.0 Å². The molecule has 4 rings (SSSR count). The van der Waals surface area contributed by atoms with E-state index < -0.39 is 0 Å². The highest BCUT2D eigenvalue weighted by molar-refractivity contribution is 5.80. The second-order valence-corrected chi connectivity index (χ2v) is 7.11. The van der Waals surface area contributed by atoms with Crippen LogP contribution in [0.2, 0.25) is 0 Å². The lowest BCUT2D eigenvalue weighted by Crippen LogP contribution is -2.47. The Labute approximate surface area is 148 Å². The zero-order valence-electron chi connectivity index (χ0n) is 14.5. The molecular weight excluding hydrogens is 314 g/mol. The predicted molar refractivity (Wildman–Crippen MR) is 96.3 cm³/mol. The van der Waals surface area contributed by atoms with Gasteiger partial charge in [0.15, 0.2) is 0 Å². The molecule has 0 aliphatic carbocycles. The van der Waals surface area contributed by atoms with Crippen LogP contribution in [0.5, 0.6) is 0 Å². The van der Waals surface area contributed by atoms with Crippen LogP contribution in [0.4, 0.5) is 5.82 Å². The van der Waals surface area contributed by atoms with Crippen LogP contribution in [-0.4, -0.2) is 52.2 Å². The van der Waals surface area contributed by atoms with E-state index in [1.807, 2.05) is 30.5 Å². The highest BCUT2D eigenvalue weighted by atomic mass is 16.2. The fourth-order valence-electron chi connectivity index (χ4n) is 4.11. The molecule has 0 bridgehead atoms. The number of carbonyl (C=O) groups excluding carboxylic acids is 1. The molecule has 2 aliphatic heterocycles. The molecule has 2 aliphatic rings. The van der Waals surface area contributed by atoms with Crippen molar-refractivity contribution < 1.29 is 4.79 Å². The summed E-state index contributed by atoms with van der Waals surface area (Å²) in [7, 11) is 0. The second kappa shape index (κ2) is 7.25. The van der Waals surface area contributed by atoms with Gasteiger partial charge in [0.25, 0.3) is 0 Å². The van der Waals surface area contributed by atoms with E-state index >= 15 is 0 Å². The predicted octanol–water partition coefficient (Wildman–Crippen LogP) is 2.43. The fourth-order valence-corrected chi connectivity index (χ4v) is 4.11. The first kappa shape index (κ1) is 16.1. The minimum absolute atomic E-state index is 0.0799. The number of H-pyrrole nitrogens is 1. The first-order valence-corrected chi connectivity index (χ1v) is 9.25. The van der Waals surface area contributed by atoms with Gasteiger partial charge >= 0.3 is 0 Å². The van der Waals surface area contributed by atoms with Crippen molar-refractivity contribution in [2.24, 2.45) is 5.92 Å². The lowest BCUT2D eigenvalue weighted by Gasteiger charge is -2.38. The van der Waals surface area contributed by atoms with Crippen LogP contribution < -0.4 is 4.90 Å². The number of carbonyl (C=O) groups is 1. The van der Waals surface area contributed by atoms with Crippen LogP contribution >= 0.6 is 0 Å². The number of rotatable bonds is 3. The van der Waals surface area contributed by atoms with Crippen molar-refractivity contribution in [3.05, 3.63) is 42.4 Å².